The molecule has 0 atom stereocenters. The number of allylic oxidation sites excluding steroid dienone is 4. The molecule has 0 spiro atoms. The highest BCUT2D eigenvalue weighted by atomic mass is 16.3. The molecule has 0 fully saturated rings. The highest BCUT2D eigenvalue weighted by Crippen LogP contribution is 2.48. The van der Waals surface area contributed by atoms with Crippen LogP contribution in [-0.2, 0) is 0 Å². The van der Waals surface area contributed by atoms with Gasteiger partial charge in [-0.05, 0) is 96.6 Å². The van der Waals surface area contributed by atoms with E-state index in [1.165, 1.54) is 44.2 Å². The van der Waals surface area contributed by atoms with Crippen molar-refractivity contribution >= 4 is 21.5 Å². The third kappa shape index (κ3) is 2.99. The zero-order chi connectivity index (χ0) is 21.9. The lowest BCUT2D eigenvalue weighted by molar-refractivity contribution is 0.478. The minimum absolute atomic E-state index is 0.255. The summed E-state index contributed by atoms with van der Waals surface area (Å²) in [5.41, 5.74) is 10.1. The van der Waals surface area contributed by atoms with Crippen molar-refractivity contribution < 1.29 is 5.11 Å². The van der Waals surface area contributed by atoms with Crippen LogP contribution < -0.4 is 0 Å². The second-order valence-corrected chi connectivity index (χ2v) is 9.02. The molecule has 0 unspecified atom stereocenters. The van der Waals surface area contributed by atoms with E-state index in [0.29, 0.717) is 5.75 Å². The summed E-state index contributed by atoms with van der Waals surface area (Å²) in [6.07, 6.45) is 0. The molecule has 0 radical (unpaired) electrons. The van der Waals surface area contributed by atoms with Gasteiger partial charge in [0.15, 0.2) is 0 Å². The van der Waals surface area contributed by atoms with Crippen LogP contribution in [0.5, 0.6) is 5.75 Å². The van der Waals surface area contributed by atoms with Crippen LogP contribution in [0, 0.1) is 6.92 Å². The van der Waals surface area contributed by atoms with Gasteiger partial charge in [-0.15, -0.1) is 0 Å². The third-order valence-corrected chi connectivity index (χ3v) is 7.26. The summed E-state index contributed by atoms with van der Waals surface area (Å²) in [5, 5.41) is 15.8. The zero-order valence-corrected chi connectivity index (χ0v) is 18.9. The SMILES string of the molecule is CC1=C(C)C(c2ccc(C)cc2-c2c(O)ccc3cc4ccccc4cc23)C(C)=C1C. The molecule has 4 aromatic rings. The molecule has 5 rings (SSSR count). The lowest BCUT2D eigenvalue weighted by Crippen LogP contribution is -2.03. The van der Waals surface area contributed by atoms with Crippen molar-refractivity contribution in [2.24, 2.45) is 0 Å². The highest BCUT2D eigenvalue weighted by molar-refractivity contribution is 6.07. The van der Waals surface area contributed by atoms with E-state index >= 15 is 0 Å². The van der Waals surface area contributed by atoms with E-state index in [4.69, 9.17) is 0 Å². The van der Waals surface area contributed by atoms with Gasteiger partial charge in [0.05, 0.1) is 0 Å². The topological polar surface area (TPSA) is 20.2 Å². The molecular weight excluding hydrogens is 376 g/mol. The van der Waals surface area contributed by atoms with Crippen LogP contribution in [0.2, 0.25) is 0 Å². The average molecular weight is 405 g/mol. The number of phenolic OH excluding ortho intramolecular Hbond substituents is 1. The number of hydrogen-bond donors (Lipinski definition) is 1. The Hall–Kier alpha value is -3.32. The number of rotatable bonds is 2. The smallest absolute Gasteiger partial charge is 0.124 e. The van der Waals surface area contributed by atoms with Crippen molar-refractivity contribution in [3.63, 3.8) is 0 Å². The van der Waals surface area contributed by atoms with Gasteiger partial charge in [0.2, 0.25) is 0 Å². The second-order valence-electron chi connectivity index (χ2n) is 9.02. The summed E-state index contributed by atoms with van der Waals surface area (Å²) >= 11 is 0. The van der Waals surface area contributed by atoms with Crippen molar-refractivity contribution in [2.75, 3.05) is 0 Å². The summed E-state index contributed by atoms with van der Waals surface area (Å²) in [6.45, 7) is 11.1. The number of aromatic hydroxyl groups is 1. The van der Waals surface area contributed by atoms with Gasteiger partial charge in [0, 0.05) is 11.5 Å². The minimum atomic E-state index is 0.255. The molecule has 0 saturated carbocycles. The minimum Gasteiger partial charge on any atom is -0.507 e. The summed E-state index contributed by atoms with van der Waals surface area (Å²) in [4.78, 5) is 0. The molecule has 0 aromatic heterocycles. The number of aryl methyl sites for hydroxylation is 1. The molecule has 1 aliphatic carbocycles. The fourth-order valence-electron chi connectivity index (χ4n) is 5.24. The number of hydrogen-bond acceptors (Lipinski definition) is 1. The maximum absolute atomic E-state index is 11.1. The largest absolute Gasteiger partial charge is 0.507 e. The maximum Gasteiger partial charge on any atom is 0.124 e. The molecule has 0 bridgehead atoms. The molecule has 0 amide bonds. The van der Waals surface area contributed by atoms with Gasteiger partial charge in [0.1, 0.15) is 5.75 Å². The Balaban J connectivity index is 1.85. The van der Waals surface area contributed by atoms with Crippen LogP contribution >= 0.6 is 0 Å². The fraction of sp³-hybridized carbons (Fsp3) is 0.200. The van der Waals surface area contributed by atoms with E-state index in [1.54, 1.807) is 0 Å². The van der Waals surface area contributed by atoms with Gasteiger partial charge in [0.25, 0.3) is 0 Å². The molecule has 1 nitrogen and oxygen atoms in total. The van der Waals surface area contributed by atoms with Crippen LogP contribution in [0.3, 0.4) is 0 Å². The summed E-state index contributed by atoms with van der Waals surface area (Å²) in [5.74, 6) is 0.593. The van der Waals surface area contributed by atoms with E-state index in [9.17, 15) is 5.11 Å². The predicted octanol–water partition coefficient (Wildman–Crippen LogP) is 8.44. The first-order valence-corrected chi connectivity index (χ1v) is 11.0. The number of phenols is 1. The quantitative estimate of drug-likeness (QED) is 0.332. The van der Waals surface area contributed by atoms with Crippen molar-refractivity contribution in [3.8, 4) is 16.9 Å². The van der Waals surface area contributed by atoms with Crippen molar-refractivity contribution in [3.05, 3.63) is 100 Å². The van der Waals surface area contributed by atoms with Crippen molar-refractivity contribution in [1.29, 1.82) is 0 Å². The second kappa shape index (κ2) is 7.13. The molecule has 1 N–H and O–H groups in total. The lowest BCUT2D eigenvalue weighted by Gasteiger charge is -2.22. The van der Waals surface area contributed by atoms with Crippen LogP contribution in [0.1, 0.15) is 44.7 Å². The molecule has 1 heteroatoms. The van der Waals surface area contributed by atoms with Gasteiger partial charge in [-0.1, -0.05) is 65.2 Å². The van der Waals surface area contributed by atoms with E-state index < -0.39 is 0 Å². The van der Waals surface area contributed by atoms with Gasteiger partial charge in [-0.2, -0.15) is 0 Å². The van der Waals surface area contributed by atoms with Crippen molar-refractivity contribution in [1.82, 2.24) is 0 Å². The normalized spacial score (nSPS) is 15.0. The Labute approximate surface area is 184 Å². The number of fused-ring (bicyclic) bond motifs is 2. The Bertz CT molecular complexity index is 1410. The Morgan fingerprint density at radius 3 is 1.97 bits per heavy atom. The monoisotopic (exact) mass is 404 g/mol. The molecule has 31 heavy (non-hydrogen) atoms. The summed E-state index contributed by atoms with van der Waals surface area (Å²) < 4.78 is 0. The summed E-state index contributed by atoms with van der Waals surface area (Å²) in [6, 6.07) is 23.4. The van der Waals surface area contributed by atoms with Crippen LogP contribution in [-0.4, -0.2) is 5.11 Å². The third-order valence-electron chi connectivity index (χ3n) is 7.26. The van der Waals surface area contributed by atoms with Crippen LogP contribution in [0.4, 0.5) is 0 Å². The first-order valence-electron chi connectivity index (χ1n) is 11.0. The van der Waals surface area contributed by atoms with E-state index in [0.717, 1.165) is 21.9 Å². The van der Waals surface area contributed by atoms with E-state index in [1.807, 2.05) is 12.1 Å². The first-order chi connectivity index (χ1) is 14.9. The molecular formula is C30H28O. The molecule has 0 aliphatic heterocycles. The fourth-order valence-corrected chi connectivity index (χ4v) is 5.24. The van der Waals surface area contributed by atoms with Gasteiger partial charge in [-0.25, -0.2) is 0 Å². The molecule has 0 heterocycles. The predicted molar refractivity (Wildman–Crippen MR) is 133 cm³/mol. The lowest BCUT2D eigenvalue weighted by atomic mass is 9.82. The number of benzene rings is 4. The molecule has 0 saturated heterocycles. The average Bonchev–Trinajstić information content (AvgIpc) is 2.95. The van der Waals surface area contributed by atoms with E-state index in [-0.39, 0.29) is 5.92 Å². The van der Waals surface area contributed by atoms with Crippen molar-refractivity contribution in [2.45, 2.75) is 40.5 Å². The van der Waals surface area contributed by atoms with Gasteiger partial charge in [-0.3, -0.25) is 0 Å². The maximum atomic E-state index is 11.1. The summed E-state index contributed by atoms with van der Waals surface area (Å²) in [7, 11) is 0. The van der Waals surface area contributed by atoms with Gasteiger partial charge < -0.3 is 5.11 Å². The Kier molecular flexibility index (Phi) is 4.51. The van der Waals surface area contributed by atoms with Crippen LogP contribution in [0.25, 0.3) is 32.7 Å². The highest BCUT2D eigenvalue weighted by Gasteiger charge is 2.29. The first kappa shape index (κ1) is 19.6. The standard InChI is InChI=1S/C30H28O/c1-17-10-12-25(29-20(4)18(2)19(3)21(29)5)27(14-17)30-26-16-23-9-7-6-8-22(23)15-24(26)11-13-28(30)31/h6-16,29,31H,1-5H3. The Morgan fingerprint density at radius 2 is 1.29 bits per heavy atom. The molecule has 154 valence electrons. The van der Waals surface area contributed by atoms with Gasteiger partial charge >= 0.3 is 0 Å². The van der Waals surface area contributed by atoms with Crippen LogP contribution in [0.15, 0.2) is 89.0 Å². The van der Waals surface area contributed by atoms with E-state index in [2.05, 4.69) is 89.2 Å². The molecule has 4 aromatic carbocycles. The Morgan fingerprint density at radius 1 is 0.645 bits per heavy atom. The molecule has 1 aliphatic rings. The zero-order valence-electron chi connectivity index (χ0n) is 18.9.